The van der Waals surface area contributed by atoms with Gasteiger partial charge in [0.05, 0.1) is 6.61 Å². The highest BCUT2D eigenvalue weighted by molar-refractivity contribution is 5.81. The molecule has 0 aromatic heterocycles. The lowest BCUT2D eigenvalue weighted by Gasteiger charge is -2.34. The minimum absolute atomic E-state index is 0.219. The smallest absolute Gasteiger partial charge is 0.225 e. The highest BCUT2D eigenvalue weighted by Crippen LogP contribution is 2.31. The molecule has 2 rings (SSSR count). The minimum Gasteiger partial charge on any atom is -0.395 e. The normalized spacial score (nSPS) is 23.9. The van der Waals surface area contributed by atoms with Crippen molar-refractivity contribution in [2.75, 3.05) is 39.3 Å². The van der Waals surface area contributed by atoms with Crippen LogP contribution in [0.15, 0.2) is 0 Å². The Bertz CT molecular complexity index is 208. The number of carbonyl (C=O) groups excluding carboxylic acids is 1. The third-order valence-electron chi connectivity index (χ3n) is 3.03. The molecule has 1 heterocycles. The van der Waals surface area contributed by atoms with Crippen molar-refractivity contribution in [2.45, 2.75) is 12.8 Å². The predicted molar refractivity (Wildman–Crippen MR) is 52.8 cm³/mol. The van der Waals surface area contributed by atoms with Crippen LogP contribution in [-0.4, -0.2) is 60.1 Å². The van der Waals surface area contributed by atoms with Crippen LogP contribution in [0.2, 0.25) is 0 Å². The second-order valence-electron chi connectivity index (χ2n) is 4.16. The van der Waals surface area contributed by atoms with E-state index in [-0.39, 0.29) is 6.61 Å². The van der Waals surface area contributed by atoms with Gasteiger partial charge in [0.25, 0.3) is 0 Å². The van der Waals surface area contributed by atoms with E-state index in [1.807, 2.05) is 4.90 Å². The number of hydrogen-bond acceptors (Lipinski definition) is 3. The average Bonchev–Trinajstić information content (AvgIpc) is 3.02. The molecule has 1 N–H and O–H groups in total. The van der Waals surface area contributed by atoms with Crippen LogP contribution in [0, 0.1) is 5.92 Å². The summed E-state index contributed by atoms with van der Waals surface area (Å²) >= 11 is 0. The number of amides is 1. The van der Waals surface area contributed by atoms with E-state index in [1.54, 1.807) is 0 Å². The van der Waals surface area contributed by atoms with Gasteiger partial charge in [-0.2, -0.15) is 0 Å². The third-order valence-corrected chi connectivity index (χ3v) is 3.03. The molecule has 4 nitrogen and oxygen atoms in total. The monoisotopic (exact) mass is 198 g/mol. The summed E-state index contributed by atoms with van der Waals surface area (Å²) in [6.45, 7) is 4.48. The molecule has 0 unspecified atom stereocenters. The van der Waals surface area contributed by atoms with E-state index in [4.69, 9.17) is 5.11 Å². The first-order chi connectivity index (χ1) is 6.81. The molecule has 1 amide bonds. The number of hydrogen-bond donors (Lipinski definition) is 1. The topological polar surface area (TPSA) is 43.8 Å². The average molecular weight is 198 g/mol. The summed E-state index contributed by atoms with van der Waals surface area (Å²) in [5, 5.41) is 8.77. The van der Waals surface area contributed by atoms with E-state index >= 15 is 0 Å². The molecule has 0 spiro atoms. The van der Waals surface area contributed by atoms with Gasteiger partial charge < -0.3 is 10.0 Å². The standard InChI is InChI=1S/C10H18N2O2/c13-8-7-11-3-5-12(6-4-11)10(14)9-1-2-9/h9,13H,1-8H2. The van der Waals surface area contributed by atoms with E-state index < -0.39 is 0 Å². The zero-order chi connectivity index (χ0) is 9.97. The Balaban J connectivity index is 1.74. The van der Waals surface area contributed by atoms with Crippen LogP contribution in [0.4, 0.5) is 0 Å². The van der Waals surface area contributed by atoms with Crippen molar-refractivity contribution in [2.24, 2.45) is 5.92 Å². The highest BCUT2D eigenvalue weighted by atomic mass is 16.3. The molecule has 1 aliphatic heterocycles. The first-order valence-corrected chi connectivity index (χ1v) is 5.43. The molecule has 4 heteroatoms. The van der Waals surface area contributed by atoms with Crippen molar-refractivity contribution >= 4 is 5.91 Å². The largest absolute Gasteiger partial charge is 0.395 e. The molecule has 2 fully saturated rings. The lowest BCUT2D eigenvalue weighted by Crippen LogP contribution is -2.49. The molecule has 1 saturated heterocycles. The van der Waals surface area contributed by atoms with Crippen LogP contribution in [0.5, 0.6) is 0 Å². The Morgan fingerprint density at radius 2 is 1.86 bits per heavy atom. The number of piperazine rings is 1. The summed E-state index contributed by atoms with van der Waals surface area (Å²) in [5.41, 5.74) is 0. The van der Waals surface area contributed by atoms with E-state index in [2.05, 4.69) is 4.90 Å². The molecule has 1 aliphatic carbocycles. The van der Waals surface area contributed by atoms with Gasteiger partial charge in [-0.15, -0.1) is 0 Å². The van der Waals surface area contributed by atoms with Gasteiger partial charge in [0.1, 0.15) is 0 Å². The first kappa shape index (κ1) is 9.93. The fourth-order valence-electron chi connectivity index (χ4n) is 1.92. The van der Waals surface area contributed by atoms with Gasteiger partial charge in [0, 0.05) is 38.6 Å². The van der Waals surface area contributed by atoms with Crippen LogP contribution in [-0.2, 0) is 4.79 Å². The van der Waals surface area contributed by atoms with Gasteiger partial charge in [-0.25, -0.2) is 0 Å². The van der Waals surface area contributed by atoms with Crippen LogP contribution in [0.25, 0.3) is 0 Å². The summed E-state index contributed by atoms with van der Waals surface area (Å²) in [5.74, 6) is 0.702. The number of carbonyl (C=O) groups is 1. The quantitative estimate of drug-likeness (QED) is 0.667. The van der Waals surface area contributed by atoms with E-state index in [0.717, 1.165) is 45.6 Å². The minimum atomic E-state index is 0.219. The van der Waals surface area contributed by atoms with Crippen molar-refractivity contribution < 1.29 is 9.90 Å². The zero-order valence-corrected chi connectivity index (χ0v) is 8.48. The van der Waals surface area contributed by atoms with Crippen molar-refractivity contribution in [3.8, 4) is 0 Å². The molecule has 0 bridgehead atoms. The Labute approximate surface area is 84.5 Å². The van der Waals surface area contributed by atoms with Crippen molar-refractivity contribution in [3.63, 3.8) is 0 Å². The summed E-state index contributed by atoms with van der Waals surface area (Å²) in [6, 6.07) is 0. The molecule has 0 radical (unpaired) electrons. The molecule has 14 heavy (non-hydrogen) atoms. The molecule has 2 aliphatic rings. The Kier molecular flexibility index (Phi) is 3.03. The molecule has 80 valence electrons. The summed E-state index contributed by atoms with van der Waals surface area (Å²) < 4.78 is 0. The maximum atomic E-state index is 11.7. The summed E-state index contributed by atoms with van der Waals surface area (Å²) in [4.78, 5) is 15.9. The SMILES string of the molecule is O=C(C1CC1)N1CCN(CCO)CC1. The van der Waals surface area contributed by atoms with Gasteiger partial charge in [0.2, 0.25) is 5.91 Å². The van der Waals surface area contributed by atoms with Gasteiger partial charge in [-0.3, -0.25) is 9.69 Å². The lowest BCUT2D eigenvalue weighted by molar-refractivity contribution is -0.134. The zero-order valence-electron chi connectivity index (χ0n) is 8.48. The Morgan fingerprint density at radius 1 is 1.21 bits per heavy atom. The fourth-order valence-corrected chi connectivity index (χ4v) is 1.92. The number of rotatable bonds is 3. The number of β-amino-alcohol motifs (C(OH)–C–C–N with tert-alkyl or cyclic N) is 1. The molecule has 0 aromatic carbocycles. The molecule has 1 saturated carbocycles. The van der Waals surface area contributed by atoms with Crippen LogP contribution >= 0.6 is 0 Å². The van der Waals surface area contributed by atoms with Gasteiger partial charge >= 0.3 is 0 Å². The first-order valence-electron chi connectivity index (χ1n) is 5.43. The predicted octanol–water partition coefficient (Wildman–Crippen LogP) is -0.467. The van der Waals surface area contributed by atoms with E-state index in [1.165, 1.54) is 0 Å². The summed E-state index contributed by atoms with van der Waals surface area (Å²) in [6.07, 6.45) is 2.19. The lowest BCUT2D eigenvalue weighted by atomic mass is 10.2. The maximum Gasteiger partial charge on any atom is 0.225 e. The highest BCUT2D eigenvalue weighted by Gasteiger charge is 2.34. The van der Waals surface area contributed by atoms with Gasteiger partial charge in [0.15, 0.2) is 0 Å². The van der Waals surface area contributed by atoms with Crippen molar-refractivity contribution in [1.82, 2.24) is 9.80 Å². The molecule has 0 atom stereocenters. The Hall–Kier alpha value is -0.610. The van der Waals surface area contributed by atoms with Crippen molar-refractivity contribution in [3.05, 3.63) is 0 Å². The molecular weight excluding hydrogens is 180 g/mol. The van der Waals surface area contributed by atoms with Crippen LogP contribution in [0.1, 0.15) is 12.8 Å². The maximum absolute atomic E-state index is 11.7. The summed E-state index contributed by atoms with van der Waals surface area (Å²) in [7, 11) is 0. The number of aliphatic hydroxyl groups excluding tert-OH is 1. The van der Waals surface area contributed by atoms with E-state index in [9.17, 15) is 4.79 Å². The molecule has 0 aromatic rings. The fraction of sp³-hybridized carbons (Fsp3) is 0.900. The van der Waals surface area contributed by atoms with Crippen molar-refractivity contribution in [1.29, 1.82) is 0 Å². The number of aliphatic hydroxyl groups is 1. The second-order valence-corrected chi connectivity index (χ2v) is 4.16. The van der Waals surface area contributed by atoms with Crippen LogP contribution < -0.4 is 0 Å². The molecular formula is C10H18N2O2. The Morgan fingerprint density at radius 3 is 2.36 bits per heavy atom. The second kappa shape index (κ2) is 4.28. The van der Waals surface area contributed by atoms with Crippen LogP contribution in [0.3, 0.4) is 0 Å². The number of nitrogens with zero attached hydrogens (tertiary/aromatic N) is 2. The van der Waals surface area contributed by atoms with E-state index in [0.29, 0.717) is 11.8 Å². The van der Waals surface area contributed by atoms with Gasteiger partial charge in [-0.05, 0) is 12.8 Å². The third kappa shape index (κ3) is 2.25. The van der Waals surface area contributed by atoms with Gasteiger partial charge in [-0.1, -0.05) is 0 Å².